The first-order chi connectivity index (χ1) is 9.38. The van der Waals surface area contributed by atoms with Crippen molar-refractivity contribution >= 4 is 40.5 Å². The Hall–Kier alpha value is -1.16. The van der Waals surface area contributed by atoms with Crippen LogP contribution in [0.1, 0.15) is 18.5 Å². The largest absolute Gasteiger partial charge is 0.505 e. The van der Waals surface area contributed by atoms with Crippen LogP contribution in [0.3, 0.4) is 0 Å². The molecule has 0 saturated heterocycles. The minimum absolute atomic E-state index is 0.0675. The van der Waals surface area contributed by atoms with Crippen LogP contribution < -0.4 is 5.32 Å². The monoisotopic (exact) mass is 333 g/mol. The van der Waals surface area contributed by atoms with Crippen molar-refractivity contribution in [3.63, 3.8) is 0 Å². The Morgan fingerprint density at radius 1 is 1.05 bits per heavy atom. The van der Waals surface area contributed by atoms with Crippen LogP contribution in [-0.4, -0.2) is 5.11 Å². The third-order valence-corrected chi connectivity index (χ3v) is 3.71. The number of anilines is 1. The van der Waals surface area contributed by atoms with E-state index in [0.29, 0.717) is 5.69 Å². The predicted molar refractivity (Wildman–Crippen MR) is 81.6 cm³/mol. The second-order valence-electron chi connectivity index (χ2n) is 4.33. The van der Waals surface area contributed by atoms with Crippen molar-refractivity contribution in [2.75, 3.05) is 5.32 Å². The molecule has 0 aliphatic heterocycles. The average molecular weight is 335 g/mol. The van der Waals surface area contributed by atoms with Gasteiger partial charge in [0.1, 0.15) is 5.82 Å². The Kier molecular flexibility index (Phi) is 4.63. The van der Waals surface area contributed by atoms with Gasteiger partial charge in [0.25, 0.3) is 0 Å². The van der Waals surface area contributed by atoms with E-state index in [-0.39, 0.29) is 26.9 Å². The standard InChI is InChI=1S/C14H11Cl3FNO/c1-7(8-2-3-13(18)10(15)4-8)19-9-5-11(16)14(20)12(17)6-9/h2-7,19-20H,1H3. The Morgan fingerprint density at radius 2 is 1.65 bits per heavy atom. The molecule has 0 fully saturated rings. The molecule has 2 aromatic rings. The van der Waals surface area contributed by atoms with E-state index in [1.54, 1.807) is 24.3 Å². The molecule has 0 bridgehead atoms. The molecule has 1 unspecified atom stereocenters. The number of hydrogen-bond acceptors (Lipinski definition) is 2. The van der Waals surface area contributed by atoms with Crippen molar-refractivity contribution < 1.29 is 9.50 Å². The molecule has 0 aliphatic rings. The second kappa shape index (κ2) is 6.08. The fraction of sp³-hybridized carbons (Fsp3) is 0.143. The highest BCUT2D eigenvalue weighted by atomic mass is 35.5. The molecule has 0 spiro atoms. The third-order valence-electron chi connectivity index (χ3n) is 2.84. The van der Waals surface area contributed by atoms with Gasteiger partial charge in [-0.25, -0.2) is 4.39 Å². The molecule has 0 heterocycles. The van der Waals surface area contributed by atoms with Crippen molar-refractivity contribution in [1.29, 1.82) is 0 Å². The fourth-order valence-electron chi connectivity index (χ4n) is 1.76. The molecule has 0 radical (unpaired) electrons. The predicted octanol–water partition coefficient (Wildman–Crippen LogP) is 5.66. The number of nitrogens with one attached hydrogen (secondary N) is 1. The number of halogens is 4. The highest BCUT2D eigenvalue weighted by molar-refractivity contribution is 6.37. The van der Waals surface area contributed by atoms with Gasteiger partial charge in [-0.1, -0.05) is 40.9 Å². The minimum atomic E-state index is -0.460. The molecule has 0 saturated carbocycles. The average Bonchev–Trinajstić information content (AvgIpc) is 2.39. The van der Waals surface area contributed by atoms with Crippen molar-refractivity contribution in [2.24, 2.45) is 0 Å². The van der Waals surface area contributed by atoms with E-state index < -0.39 is 5.82 Å². The van der Waals surface area contributed by atoms with Crippen molar-refractivity contribution in [1.82, 2.24) is 0 Å². The first-order valence-electron chi connectivity index (χ1n) is 5.78. The Labute approximate surface area is 131 Å². The molecule has 0 aliphatic carbocycles. The lowest BCUT2D eigenvalue weighted by Crippen LogP contribution is -2.06. The van der Waals surface area contributed by atoms with E-state index in [2.05, 4.69) is 5.32 Å². The molecule has 6 heteroatoms. The summed E-state index contributed by atoms with van der Waals surface area (Å²) in [5, 5.41) is 13.0. The lowest BCUT2D eigenvalue weighted by Gasteiger charge is -2.17. The lowest BCUT2D eigenvalue weighted by atomic mass is 10.1. The number of phenolic OH excluding ortho intramolecular Hbond substituents is 1. The van der Waals surface area contributed by atoms with Gasteiger partial charge < -0.3 is 10.4 Å². The van der Waals surface area contributed by atoms with Crippen molar-refractivity contribution in [2.45, 2.75) is 13.0 Å². The van der Waals surface area contributed by atoms with Gasteiger partial charge in [0.15, 0.2) is 5.75 Å². The summed E-state index contributed by atoms with van der Waals surface area (Å²) in [6.45, 7) is 1.89. The highest BCUT2D eigenvalue weighted by Crippen LogP contribution is 2.35. The molecule has 1 atom stereocenters. The van der Waals surface area contributed by atoms with Gasteiger partial charge in [0.2, 0.25) is 0 Å². The topological polar surface area (TPSA) is 32.3 Å². The van der Waals surface area contributed by atoms with Gasteiger partial charge in [0, 0.05) is 11.7 Å². The van der Waals surface area contributed by atoms with Crippen LogP contribution in [0.15, 0.2) is 30.3 Å². The maximum absolute atomic E-state index is 13.1. The first-order valence-corrected chi connectivity index (χ1v) is 6.91. The zero-order valence-corrected chi connectivity index (χ0v) is 12.7. The molecule has 20 heavy (non-hydrogen) atoms. The van der Waals surface area contributed by atoms with Crippen LogP contribution in [0, 0.1) is 5.82 Å². The summed E-state index contributed by atoms with van der Waals surface area (Å²) in [6, 6.07) is 7.49. The van der Waals surface area contributed by atoms with Gasteiger partial charge in [0.05, 0.1) is 15.1 Å². The Morgan fingerprint density at radius 3 is 2.20 bits per heavy atom. The Bertz CT molecular complexity index is 625. The van der Waals surface area contributed by atoms with Gasteiger partial charge in [-0.3, -0.25) is 0 Å². The molecular weight excluding hydrogens is 324 g/mol. The second-order valence-corrected chi connectivity index (χ2v) is 5.55. The van der Waals surface area contributed by atoms with E-state index in [4.69, 9.17) is 34.8 Å². The molecular formula is C14H11Cl3FNO. The highest BCUT2D eigenvalue weighted by Gasteiger charge is 2.11. The van der Waals surface area contributed by atoms with Crippen LogP contribution in [0.5, 0.6) is 5.75 Å². The van der Waals surface area contributed by atoms with E-state index in [0.717, 1.165) is 5.56 Å². The summed E-state index contributed by atoms with van der Waals surface area (Å²) in [4.78, 5) is 0. The molecule has 2 rings (SSSR count). The zero-order chi connectivity index (χ0) is 14.9. The van der Waals surface area contributed by atoms with Gasteiger partial charge in [-0.2, -0.15) is 0 Å². The SMILES string of the molecule is CC(Nc1cc(Cl)c(O)c(Cl)c1)c1ccc(F)c(Cl)c1. The summed E-state index contributed by atoms with van der Waals surface area (Å²) in [7, 11) is 0. The van der Waals surface area contributed by atoms with E-state index >= 15 is 0 Å². The smallest absolute Gasteiger partial charge is 0.152 e. The van der Waals surface area contributed by atoms with E-state index in [9.17, 15) is 9.50 Å². The van der Waals surface area contributed by atoms with Crippen molar-refractivity contribution in [3.8, 4) is 5.75 Å². The number of hydrogen-bond donors (Lipinski definition) is 2. The van der Waals surface area contributed by atoms with Gasteiger partial charge >= 0.3 is 0 Å². The summed E-state index contributed by atoms with van der Waals surface area (Å²) in [6.07, 6.45) is 0. The third kappa shape index (κ3) is 3.29. The summed E-state index contributed by atoms with van der Waals surface area (Å²) in [5.41, 5.74) is 1.46. The van der Waals surface area contributed by atoms with Crippen LogP contribution in [0.4, 0.5) is 10.1 Å². The maximum atomic E-state index is 13.1. The van der Waals surface area contributed by atoms with Crippen LogP contribution in [0.2, 0.25) is 15.1 Å². The summed E-state index contributed by atoms with van der Waals surface area (Å²) < 4.78 is 13.1. The van der Waals surface area contributed by atoms with Crippen LogP contribution in [0.25, 0.3) is 0 Å². The van der Waals surface area contributed by atoms with Crippen LogP contribution in [-0.2, 0) is 0 Å². The maximum Gasteiger partial charge on any atom is 0.152 e. The first kappa shape index (κ1) is 15.2. The van der Waals surface area contributed by atoms with Gasteiger partial charge in [-0.05, 0) is 36.8 Å². The zero-order valence-electron chi connectivity index (χ0n) is 10.4. The Balaban J connectivity index is 2.23. The number of benzene rings is 2. The van der Waals surface area contributed by atoms with E-state index in [1.807, 2.05) is 6.92 Å². The molecule has 2 nitrogen and oxygen atoms in total. The molecule has 2 aromatic carbocycles. The molecule has 0 amide bonds. The van der Waals surface area contributed by atoms with E-state index in [1.165, 1.54) is 6.07 Å². The lowest BCUT2D eigenvalue weighted by molar-refractivity contribution is 0.476. The number of phenols is 1. The fourth-order valence-corrected chi connectivity index (χ4v) is 2.44. The summed E-state index contributed by atoms with van der Waals surface area (Å²) in [5.74, 6) is -0.616. The number of aromatic hydroxyl groups is 1. The normalized spacial score (nSPS) is 12.2. The quantitative estimate of drug-likeness (QED) is 0.709. The minimum Gasteiger partial charge on any atom is -0.505 e. The van der Waals surface area contributed by atoms with Crippen molar-refractivity contribution in [3.05, 3.63) is 56.8 Å². The molecule has 2 N–H and O–H groups in total. The number of rotatable bonds is 3. The summed E-state index contributed by atoms with van der Waals surface area (Å²) >= 11 is 17.5. The van der Waals surface area contributed by atoms with Crippen LogP contribution >= 0.6 is 34.8 Å². The molecule has 0 aromatic heterocycles. The molecule has 106 valence electrons. The van der Waals surface area contributed by atoms with Gasteiger partial charge in [-0.15, -0.1) is 0 Å².